The first-order valence-corrected chi connectivity index (χ1v) is 5.97. The lowest BCUT2D eigenvalue weighted by Crippen LogP contribution is -2.21. The summed E-state index contributed by atoms with van der Waals surface area (Å²) in [5.41, 5.74) is 7.55. The molecule has 2 nitrogen and oxygen atoms in total. The molecule has 2 aromatic rings. The Kier molecular flexibility index (Phi) is 3.17. The molecule has 0 aliphatic rings. The molecule has 1 aromatic carbocycles. The molecule has 1 atom stereocenters. The van der Waals surface area contributed by atoms with E-state index in [4.69, 9.17) is 5.73 Å². The maximum atomic E-state index is 12.1. The van der Waals surface area contributed by atoms with Gasteiger partial charge < -0.3 is 5.73 Å². The number of hydrogen-bond donors (Lipinski definition) is 1. The van der Waals surface area contributed by atoms with Gasteiger partial charge in [-0.15, -0.1) is 11.3 Å². The van der Waals surface area contributed by atoms with Crippen LogP contribution < -0.4 is 5.73 Å². The monoisotopic (exact) mass is 231 g/mol. The van der Waals surface area contributed by atoms with E-state index in [0.717, 1.165) is 16.0 Å². The summed E-state index contributed by atoms with van der Waals surface area (Å²) < 4.78 is 0. The van der Waals surface area contributed by atoms with Crippen LogP contribution in [0, 0.1) is 6.92 Å². The molecule has 0 aliphatic heterocycles. The van der Waals surface area contributed by atoms with Crippen molar-refractivity contribution in [1.82, 2.24) is 0 Å². The minimum Gasteiger partial charge on any atom is -0.318 e. The van der Waals surface area contributed by atoms with Gasteiger partial charge >= 0.3 is 0 Å². The second-order valence-corrected chi connectivity index (χ2v) is 4.76. The third-order valence-electron chi connectivity index (χ3n) is 2.57. The lowest BCUT2D eigenvalue weighted by molar-refractivity contribution is 0.0961. The van der Waals surface area contributed by atoms with E-state index in [2.05, 4.69) is 0 Å². The van der Waals surface area contributed by atoms with Gasteiger partial charge in [0, 0.05) is 10.4 Å². The highest BCUT2D eigenvalue weighted by atomic mass is 32.1. The van der Waals surface area contributed by atoms with Gasteiger partial charge in [-0.25, -0.2) is 0 Å². The third-order valence-corrected chi connectivity index (χ3v) is 3.41. The van der Waals surface area contributed by atoms with Crippen molar-refractivity contribution in [3.8, 4) is 0 Å². The first-order valence-electron chi connectivity index (χ1n) is 5.09. The van der Waals surface area contributed by atoms with Crippen LogP contribution in [0.15, 0.2) is 41.8 Å². The number of rotatable bonds is 3. The van der Waals surface area contributed by atoms with Gasteiger partial charge in [0.2, 0.25) is 0 Å². The van der Waals surface area contributed by atoms with Gasteiger partial charge in [0.15, 0.2) is 5.78 Å². The van der Waals surface area contributed by atoms with Crippen LogP contribution >= 0.6 is 11.3 Å². The van der Waals surface area contributed by atoms with Crippen molar-refractivity contribution in [3.05, 3.63) is 57.8 Å². The highest BCUT2D eigenvalue weighted by Crippen LogP contribution is 2.21. The quantitative estimate of drug-likeness (QED) is 0.825. The molecule has 2 rings (SSSR count). The molecule has 0 aliphatic carbocycles. The molecule has 3 heteroatoms. The SMILES string of the molecule is Cc1sccc1C(=O)C(N)c1ccccc1. The van der Waals surface area contributed by atoms with Gasteiger partial charge in [0.1, 0.15) is 0 Å². The fourth-order valence-corrected chi connectivity index (χ4v) is 2.32. The van der Waals surface area contributed by atoms with E-state index in [1.54, 1.807) is 11.3 Å². The highest BCUT2D eigenvalue weighted by molar-refractivity contribution is 7.10. The first kappa shape index (κ1) is 11.0. The van der Waals surface area contributed by atoms with Crippen molar-refractivity contribution >= 4 is 17.1 Å². The van der Waals surface area contributed by atoms with Crippen LogP contribution in [0.5, 0.6) is 0 Å². The van der Waals surface area contributed by atoms with Crippen LogP contribution in [0.2, 0.25) is 0 Å². The maximum absolute atomic E-state index is 12.1. The van der Waals surface area contributed by atoms with Gasteiger partial charge in [-0.05, 0) is 23.9 Å². The molecule has 0 saturated heterocycles. The van der Waals surface area contributed by atoms with E-state index < -0.39 is 6.04 Å². The average molecular weight is 231 g/mol. The van der Waals surface area contributed by atoms with E-state index in [1.807, 2.05) is 48.7 Å². The minimum atomic E-state index is -0.561. The summed E-state index contributed by atoms with van der Waals surface area (Å²) in [6, 6.07) is 10.7. The van der Waals surface area contributed by atoms with Gasteiger partial charge in [0.25, 0.3) is 0 Å². The van der Waals surface area contributed by atoms with Gasteiger partial charge in [-0.3, -0.25) is 4.79 Å². The summed E-state index contributed by atoms with van der Waals surface area (Å²) >= 11 is 1.57. The van der Waals surface area contributed by atoms with Crippen LogP contribution in [0.3, 0.4) is 0 Å². The molecular weight excluding hydrogens is 218 g/mol. The second-order valence-electron chi connectivity index (χ2n) is 3.64. The van der Waals surface area contributed by atoms with Crippen LogP contribution in [0.25, 0.3) is 0 Å². The molecule has 0 bridgehead atoms. The largest absolute Gasteiger partial charge is 0.318 e. The second kappa shape index (κ2) is 4.60. The number of hydrogen-bond acceptors (Lipinski definition) is 3. The normalized spacial score (nSPS) is 12.4. The van der Waals surface area contributed by atoms with Gasteiger partial charge in [0.05, 0.1) is 6.04 Å². The van der Waals surface area contributed by atoms with Gasteiger partial charge in [-0.1, -0.05) is 30.3 Å². The molecule has 82 valence electrons. The zero-order chi connectivity index (χ0) is 11.5. The van der Waals surface area contributed by atoms with Crippen LogP contribution in [0.4, 0.5) is 0 Å². The van der Waals surface area contributed by atoms with Crippen LogP contribution in [-0.4, -0.2) is 5.78 Å². The molecule has 16 heavy (non-hydrogen) atoms. The Morgan fingerprint density at radius 2 is 1.94 bits per heavy atom. The van der Waals surface area contributed by atoms with E-state index in [-0.39, 0.29) is 5.78 Å². The van der Waals surface area contributed by atoms with Crippen molar-refractivity contribution in [2.45, 2.75) is 13.0 Å². The fraction of sp³-hybridized carbons (Fsp3) is 0.154. The molecule has 1 aromatic heterocycles. The zero-order valence-electron chi connectivity index (χ0n) is 9.01. The van der Waals surface area contributed by atoms with Crippen molar-refractivity contribution in [2.75, 3.05) is 0 Å². The maximum Gasteiger partial charge on any atom is 0.185 e. The molecule has 0 amide bonds. The standard InChI is InChI=1S/C13H13NOS/c1-9-11(7-8-16-9)13(15)12(14)10-5-3-2-4-6-10/h2-8,12H,14H2,1H3. The van der Waals surface area contributed by atoms with Crippen molar-refractivity contribution in [3.63, 3.8) is 0 Å². The summed E-state index contributed by atoms with van der Waals surface area (Å²) in [6.07, 6.45) is 0. The summed E-state index contributed by atoms with van der Waals surface area (Å²) in [6.45, 7) is 1.94. The lowest BCUT2D eigenvalue weighted by atomic mass is 9.99. The number of nitrogens with two attached hydrogens (primary N) is 1. The first-order chi connectivity index (χ1) is 7.70. The summed E-state index contributed by atoms with van der Waals surface area (Å²) in [5, 5.41) is 1.92. The number of carbonyl (C=O) groups is 1. The predicted molar refractivity (Wildman–Crippen MR) is 66.8 cm³/mol. The Labute approximate surface area is 98.7 Å². The Morgan fingerprint density at radius 1 is 1.25 bits per heavy atom. The summed E-state index contributed by atoms with van der Waals surface area (Å²) in [5.74, 6) is -0.00931. The summed E-state index contributed by atoms with van der Waals surface area (Å²) in [4.78, 5) is 13.1. The smallest absolute Gasteiger partial charge is 0.185 e. The number of thiophene rings is 1. The summed E-state index contributed by atoms with van der Waals surface area (Å²) in [7, 11) is 0. The number of ketones is 1. The highest BCUT2D eigenvalue weighted by Gasteiger charge is 2.19. The van der Waals surface area contributed by atoms with Crippen molar-refractivity contribution in [1.29, 1.82) is 0 Å². The number of benzene rings is 1. The van der Waals surface area contributed by atoms with E-state index >= 15 is 0 Å². The Hall–Kier alpha value is -1.45. The Balaban J connectivity index is 2.27. The lowest BCUT2D eigenvalue weighted by Gasteiger charge is -2.10. The molecule has 0 saturated carbocycles. The molecular formula is C13H13NOS. The van der Waals surface area contributed by atoms with E-state index in [1.165, 1.54) is 0 Å². The minimum absolute atomic E-state index is 0.00931. The molecule has 0 fully saturated rings. The topological polar surface area (TPSA) is 43.1 Å². The van der Waals surface area contributed by atoms with Gasteiger partial charge in [-0.2, -0.15) is 0 Å². The molecule has 0 spiro atoms. The predicted octanol–water partition coefficient (Wildman–Crippen LogP) is 2.94. The fourth-order valence-electron chi connectivity index (χ4n) is 1.62. The molecule has 0 radical (unpaired) electrons. The number of Topliss-reactive ketones (excluding diaryl/α,β-unsaturated/α-hetero) is 1. The van der Waals surface area contributed by atoms with E-state index in [0.29, 0.717) is 0 Å². The Bertz CT molecular complexity index is 490. The van der Waals surface area contributed by atoms with Crippen LogP contribution in [-0.2, 0) is 0 Å². The van der Waals surface area contributed by atoms with Crippen LogP contribution in [0.1, 0.15) is 26.8 Å². The number of carbonyl (C=O) groups excluding carboxylic acids is 1. The third kappa shape index (κ3) is 2.05. The van der Waals surface area contributed by atoms with Crippen molar-refractivity contribution < 1.29 is 4.79 Å². The number of aryl methyl sites for hydroxylation is 1. The zero-order valence-corrected chi connectivity index (χ0v) is 9.83. The van der Waals surface area contributed by atoms with E-state index in [9.17, 15) is 4.79 Å². The Morgan fingerprint density at radius 3 is 2.50 bits per heavy atom. The van der Waals surface area contributed by atoms with Crippen molar-refractivity contribution in [2.24, 2.45) is 5.73 Å². The molecule has 1 heterocycles. The molecule has 1 unspecified atom stereocenters. The average Bonchev–Trinajstić information content (AvgIpc) is 2.75. The molecule has 2 N–H and O–H groups in total.